The predicted molar refractivity (Wildman–Crippen MR) is 108 cm³/mol. The third-order valence-electron chi connectivity index (χ3n) is 6.25. The lowest BCUT2D eigenvalue weighted by atomic mass is 9.85. The van der Waals surface area contributed by atoms with Crippen molar-refractivity contribution in [2.75, 3.05) is 27.9 Å². The number of rotatable bonds is 4. The van der Waals surface area contributed by atoms with Crippen molar-refractivity contribution in [2.24, 2.45) is 0 Å². The summed E-state index contributed by atoms with van der Waals surface area (Å²) in [7, 11) is 4.89. The van der Waals surface area contributed by atoms with E-state index in [-0.39, 0.29) is 6.04 Å². The van der Waals surface area contributed by atoms with Crippen LogP contribution in [-0.2, 0) is 19.4 Å². The number of nitrogens with zero attached hydrogens (tertiary/aromatic N) is 1. The molecule has 7 heteroatoms. The largest absolute Gasteiger partial charge is 0.493 e. The molecule has 152 valence electrons. The minimum absolute atomic E-state index is 0.221. The smallest absolute Gasteiger partial charge is 0.207 e. The number of aromatic nitrogens is 1. The summed E-state index contributed by atoms with van der Waals surface area (Å²) in [6.45, 7) is 1.82. The topological polar surface area (TPSA) is 76.2 Å². The molecule has 0 saturated heterocycles. The van der Waals surface area contributed by atoms with Gasteiger partial charge in [0.05, 0.1) is 21.3 Å². The van der Waals surface area contributed by atoms with Crippen molar-refractivity contribution >= 4 is 10.9 Å². The van der Waals surface area contributed by atoms with Crippen LogP contribution >= 0.6 is 0 Å². The van der Waals surface area contributed by atoms with Crippen molar-refractivity contribution in [3.63, 3.8) is 0 Å². The third kappa shape index (κ3) is 2.73. The van der Waals surface area contributed by atoms with Crippen molar-refractivity contribution in [1.82, 2.24) is 9.88 Å². The van der Waals surface area contributed by atoms with Crippen molar-refractivity contribution in [3.05, 3.63) is 46.6 Å². The van der Waals surface area contributed by atoms with E-state index in [1.807, 2.05) is 18.2 Å². The maximum absolute atomic E-state index is 9.30. The van der Waals surface area contributed by atoms with Gasteiger partial charge in [-0.1, -0.05) is 0 Å². The lowest BCUT2D eigenvalue weighted by Gasteiger charge is -2.40. The first-order valence-corrected chi connectivity index (χ1v) is 9.68. The van der Waals surface area contributed by atoms with Gasteiger partial charge in [-0.25, -0.2) is 5.26 Å². The fraction of sp³-hybridized carbons (Fsp3) is 0.364. The summed E-state index contributed by atoms with van der Waals surface area (Å²) < 4.78 is 16.3. The Morgan fingerprint density at radius 2 is 1.69 bits per heavy atom. The number of methoxy groups -OCH3 is 3. The number of fused-ring (bicyclic) bond motifs is 6. The number of hydrogen-bond donors (Lipinski definition) is 2. The van der Waals surface area contributed by atoms with Crippen molar-refractivity contribution < 1.29 is 24.4 Å². The van der Waals surface area contributed by atoms with Gasteiger partial charge >= 0.3 is 0 Å². The van der Waals surface area contributed by atoms with E-state index in [9.17, 15) is 5.26 Å². The molecule has 0 aliphatic carbocycles. The molecule has 1 atom stereocenters. The molecule has 0 fully saturated rings. The van der Waals surface area contributed by atoms with Crippen LogP contribution in [0.25, 0.3) is 10.9 Å². The molecule has 0 bridgehead atoms. The highest BCUT2D eigenvalue weighted by Crippen LogP contribution is 2.45. The molecule has 3 aromatic rings. The summed E-state index contributed by atoms with van der Waals surface area (Å²) >= 11 is 0. The molecule has 2 aromatic carbocycles. The number of benzene rings is 2. The van der Waals surface area contributed by atoms with Crippen molar-refractivity contribution in [2.45, 2.75) is 25.4 Å². The monoisotopic (exact) mass is 396 g/mol. The number of hydrogen-bond acceptors (Lipinski definition) is 6. The highest BCUT2D eigenvalue weighted by molar-refractivity contribution is 5.88. The SMILES string of the molecule is COc1cc2[nH]c3c(c2cc1OC)CC1c2cc(OO)c(OC)cc2CCN1C3. The second kappa shape index (κ2) is 6.86. The second-order valence-electron chi connectivity index (χ2n) is 7.57. The zero-order valence-corrected chi connectivity index (χ0v) is 16.7. The van der Waals surface area contributed by atoms with Gasteiger partial charge in [-0.2, -0.15) is 0 Å². The number of ether oxygens (including phenoxy) is 3. The van der Waals surface area contributed by atoms with E-state index in [4.69, 9.17) is 14.2 Å². The Morgan fingerprint density at radius 3 is 2.41 bits per heavy atom. The Labute approximate surface area is 168 Å². The van der Waals surface area contributed by atoms with Crippen molar-refractivity contribution in [3.8, 4) is 23.0 Å². The Morgan fingerprint density at radius 1 is 0.966 bits per heavy atom. The molecule has 3 heterocycles. The summed E-state index contributed by atoms with van der Waals surface area (Å²) in [5.41, 5.74) is 6.02. The first-order valence-electron chi connectivity index (χ1n) is 9.68. The zero-order valence-electron chi connectivity index (χ0n) is 16.7. The summed E-state index contributed by atoms with van der Waals surface area (Å²) in [5, 5.41) is 10.5. The summed E-state index contributed by atoms with van der Waals surface area (Å²) in [6, 6.07) is 8.17. The fourth-order valence-corrected chi connectivity index (χ4v) is 4.82. The first-order chi connectivity index (χ1) is 14.2. The van der Waals surface area contributed by atoms with E-state index in [1.165, 1.54) is 22.4 Å². The van der Waals surface area contributed by atoms with Crippen LogP contribution in [0.1, 0.15) is 28.4 Å². The summed E-state index contributed by atoms with van der Waals surface area (Å²) in [5.74, 6) is 2.36. The van der Waals surface area contributed by atoms with Crippen LogP contribution in [0.4, 0.5) is 0 Å². The van der Waals surface area contributed by atoms with Gasteiger partial charge in [-0.05, 0) is 47.7 Å². The average molecular weight is 396 g/mol. The highest BCUT2D eigenvalue weighted by atomic mass is 17.1. The molecule has 7 nitrogen and oxygen atoms in total. The van der Waals surface area contributed by atoms with Crippen LogP contribution in [0.3, 0.4) is 0 Å². The Hall–Kier alpha value is -2.90. The lowest BCUT2D eigenvalue weighted by Crippen LogP contribution is -2.39. The molecule has 2 aliphatic heterocycles. The van der Waals surface area contributed by atoms with Crippen molar-refractivity contribution in [1.29, 1.82) is 0 Å². The molecule has 0 spiro atoms. The van der Waals surface area contributed by atoms with Gasteiger partial charge in [0, 0.05) is 41.8 Å². The van der Waals surface area contributed by atoms with Gasteiger partial charge in [0.15, 0.2) is 17.2 Å². The van der Waals surface area contributed by atoms with Gasteiger partial charge in [-0.15, -0.1) is 0 Å². The van der Waals surface area contributed by atoms with Crippen LogP contribution in [0, 0.1) is 0 Å². The molecule has 2 aliphatic rings. The van der Waals surface area contributed by atoms with Crippen LogP contribution in [0.5, 0.6) is 23.0 Å². The Kier molecular flexibility index (Phi) is 4.29. The van der Waals surface area contributed by atoms with E-state index < -0.39 is 0 Å². The molecular weight excluding hydrogens is 372 g/mol. The standard InChI is InChI=1S/C22H24N2O5/c1-26-19-6-12-4-5-24-11-17-14(7-18(24)13(12)8-22(19)29-25)15-9-20(27-2)21(28-3)10-16(15)23-17/h6,8-10,18,23,25H,4-5,7,11H2,1-3H3. The van der Waals surface area contributed by atoms with Gasteiger partial charge in [0.25, 0.3) is 0 Å². The molecule has 1 aromatic heterocycles. The second-order valence-corrected chi connectivity index (χ2v) is 7.57. The molecule has 29 heavy (non-hydrogen) atoms. The van der Waals surface area contributed by atoms with E-state index >= 15 is 0 Å². The van der Waals surface area contributed by atoms with E-state index in [1.54, 1.807) is 21.3 Å². The van der Waals surface area contributed by atoms with Crippen LogP contribution in [-0.4, -0.2) is 43.0 Å². The number of aromatic amines is 1. The minimum atomic E-state index is 0.221. The molecule has 1 unspecified atom stereocenters. The predicted octanol–water partition coefficient (Wildman–Crippen LogP) is 3.70. The fourth-order valence-electron chi connectivity index (χ4n) is 4.82. The normalized spacial score (nSPS) is 18.0. The van der Waals surface area contributed by atoms with Crippen LogP contribution in [0.15, 0.2) is 24.3 Å². The maximum Gasteiger partial charge on any atom is 0.207 e. The minimum Gasteiger partial charge on any atom is -0.493 e. The zero-order chi connectivity index (χ0) is 20.1. The molecule has 0 saturated carbocycles. The summed E-state index contributed by atoms with van der Waals surface area (Å²) in [4.78, 5) is 10.6. The molecule has 0 amide bonds. The van der Waals surface area contributed by atoms with Gasteiger partial charge < -0.3 is 24.1 Å². The van der Waals surface area contributed by atoms with Gasteiger partial charge in [-0.3, -0.25) is 4.90 Å². The number of nitrogens with one attached hydrogen (secondary N) is 1. The lowest BCUT2D eigenvalue weighted by molar-refractivity contribution is -0.139. The maximum atomic E-state index is 9.30. The highest BCUT2D eigenvalue weighted by Gasteiger charge is 2.35. The van der Waals surface area contributed by atoms with E-state index in [0.29, 0.717) is 11.5 Å². The third-order valence-corrected chi connectivity index (χ3v) is 6.25. The summed E-state index contributed by atoms with van der Waals surface area (Å²) in [6.07, 6.45) is 1.81. The van der Waals surface area contributed by atoms with Gasteiger partial charge in [0.2, 0.25) is 5.75 Å². The molecular formula is C22H24N2O5. The molecule has 0 radical (unpaired) electrons. The average Bonchev–Trinajstić information content (AvgIpc) is 3.11. The van der Waals surface area contributed by atoms with Crippen LogP contribution in [0.2, 0.25) is 0 Å². The quantitative estimate of drug-likeness (QED) is 0.517. The van der Waals surface area contributed by atoms with Gasteiger partial charge in [0.1, 0.15) is 0 Å². The number of H-pyrrole nitrogens is 1. The Bertz CT molecular complexity index is 1090. The molecule has 2 N–H and O–H groups in total. The van der Waals surface area contributed by atoms with Crippen LogP contribution < -0.4 is 19.1 Å². The van der Waals surface area contributed by atoms with E-state index in [2.05, 4.69) is 20.8 Å². The Balaban J connectivity index is 1.61. The molecule has 5 rings (SSSR count). The van der Waals surface area contributed by atoms with E-state index in [0.717, 1.165) is 48.3 Å². The first kappa shape index (κ1) is 18.1.